The molecule has 1 fully saturated rings. The van der Waals surface area contributed by atoms with Crippen LogP contribution in [0.5, 0.6) is 0 Å². The predicted octanol–water partition coefficient (Wildman–Crippen LogP) is 2.43. The first-order chi connectivity index (χ1) is 7.42. The van der Waals surface area contributed by atoms with Crippen molar-refractivity contribution in [3.8, 4) is 6.07 Å². The number of amides is 1. The zero-order valence-corrected chi connectivity index (χ0v) is 10.8. The second-order valence-corrected chi connectivity index (χ2v) is 5.45. The van der Waals surface area contributed by atoms with E-state index < -0.39 is 5.41 Å². The summed E-state index contributed by atoms with van der Waals surface area (Å²) in [6.45, 7) is 9.61. The minimum absolute atomic E-state index is 0.0101. The fourth-order valence-corrected chi connectivity index (χ4v) is 2.46. The highest BCUT2D eigenvalue weighted by atomic mass is 16.2. The van der Waals surface area contributed by atoms with Gasteiger partial charge in [-0.3, -0.25) is 4.79 Å². The van der Waals surface area contributed by atoms with Crippen LogP contribution in [0.1, 0.15) is 40.5 Å². The van der Waals surface area contributed by atoms with E-state index in [2.05, 4.69) is 19.9 Å². The molecule has 90 valence electrons. The molecule has 0 spiro atoms. The number of nitrogens with zero attached hydrogens (tertiary/aromatic N) is 2. The van der Waals surface area contributed by atoms with Gasteiger partial charge < -0.3 is 4.90 Å². The summed E-state index contributed by atoms with van der Waals surface area (Å²) < 4.78 is 0. The van der Waals surface area contributed by atoms with Gasteiger partial charge in [-0.15, -0.1) is 0 Å². The summed E-state index contributed by atoms with van der Waals surface area (Å²) in [4.78, 5) is 14.2. The molecular weight excluding hydrogens is 200 g/mol. The third-order valence-corrected chi connectivity index (χ3v) is 3.58. The zero-order valence-electron chi connectivity index (χ0n) is 10.8. The van der Waals surface area contributed by atoms with Gasteiger partial charge in [0.1, 0.15) is 5.41 Å². The Labute approximate surface area is 98.4 Å². The SMILES string of the molecule is CCC(C)(C#N)C(=O)N1CC(C)CC(C)C1. The van der Waals surface area contributed by atoms with E-state index in [-0.39, 0.29) is 5.91 Å². The molecule has 0 aromatic carbocycles. The van der Waals surface area contributed by atoms with Crippen LogP contribution in [-0.2, 0) is 4.79 Å². The summed E-state index contributed by atoms with van der Waals surface area (Å²) in [7, 11) is 0. The van der Waals surface area contributed by atoms with Crippen molar-refractivity contribution in [3.63, 3.8) is 0 Å². The van der Waals surface area contributed by atoms with Gasteiger partial charge in [0, 0.05) is 13.1 Å². The lowest BCUT2D eigenvalue weighted by molar-refractivity contribution is -0.141. The van der Waals surface area contributed by atoms with Crippen molar-refractivity contribution in [3.05, 3.63) is 0 Å². The molecule has 0 aromatic rings. The van der Waals surface area contributed by atoms with Crippen LogP contribution in [0, 0.1) is 28.6 Å². The Kier molecular flexibility index (Phi) is 3.96. The van der Waals surface area contributed by atoms with Crippen LogP contribution in [0.4, 0.5) is 0 Å². The van der Waals surface area contributed by atoms with Gasteiger partial charge in [0.2, 0.25) is 5.91 Å². The van der Waals surface area contributed by atoms with Crippen LogP contribution in [0.3, 0.4) is 0 Å². The Morgan fingerprint density at radius 1 is 1.44 bits per heavy atom. The first-order valence-corrected chi connectivity index (χ1v) is 6.13. The first kappa shape index (κ1) is 13.0. The van der Waals surface area contributed by atoms with E-state index in [0.29, 0.717) is 18.3 Å². The van der Waals surface area contributed by atoms with Gasteiger partial charge in [0.15, 0.2) is 0 Å². The van der Waals surface area contributed by atoms with Crippen LogP contribution in [0.15, 0.2) is 0 Å². The summed E-state index contributed by atoms with van der Waals surface area (Å²) in [5.41, 5.74) is -0.837. The highest BCUT2D eigenvalue weighted by molar-refractivity contribution is 5.85. The molecule has 3 heteroatoms. The van der Waals surface area contributed by atoms with Gasteiger partial charge in [-0.25, -0.2) is 0 Å². The van der Waals surface area contributed by atoms with Crippen LogP contribution in [0.2, 0.25) is 0 Å². The number of likely N-dealkylation sites (tertiary alicyclic amines) is 1. The van der Waals surface area contributed by atoms with Crippen LogP contribution in [0.25, 0.3) is 0 Å². The third-order valence-electron chi connectivity index (χ3n) is 3.58. The van der Waals surface area contributed by atoms with Crippen LogP contribution >= 0.6 is 0 Å². The van der Waals surface area contributed by atoms with E-state index in [9.17, 15) is 4.79 Å². The summed E-state index contributed by atoms with van der Waals surface area (Å²) >= 11 is 0. The monoisotopic (exact) mass is 222 g/mol. The van der Waals surface area contributed by atoms with Crippen LogP contribution in [-0.4, -0.2) is 23.9 Å². The maximum Gasteiger partial charge on any atom is 0.242 e. The molecular formula is C13H22N2O. The highest BCUT2D eigenvalue weighted by Crippen LogP contribution is 2.28. The molecule has 1 aliphatic rings. The third kappa shape index (κ3) is 2.55. The van der Waals surface area contributed by atoms with Crippen molar-refractivity contribution in [2.24, 2.45) is 17.3 Å². The molecule has 0 aromatic heterocycles. The number of carbonyl (C=O) groups excluding carboxylic acids is 1. The smallest absolute Gasteiger partial charge is 0.242 e. The standard InChI is InChI=1S/C13H22N2O/c1-5-13(4,9-14)12(16)15-7-10(2)6-11(3)8-15/h10-11H,5-8H2,1-4H3. The number of nitriles is 1. The fourth-order valence-electron chi connectivity index (χ4n) is 2.46. The lowest BCUT2D eigenvalue weighted by Gasteiger charge is -2.38. The highest BCUT2D eigenvalue weighted by Gasteiger charge is 2.37. The van der Waals surface area contributed by atoms with E-state index >= 15 is 0 Å². The fraction of sp³-hybridized carbons (Fsp3) is 0.846. The van der Waals surface area contributed by atoms with Gasteiger partial charge in [-0.1, -0.05) is 20.8 Å². The van der Waals surface area contributed by atoms with Crippen molar-refractivity contribution in [2.75, 3.05) is 13.1 Å². The second kappa shape index (κ2) is 4.86. The summed E-state index contributed by atoms with van der Waals surface area (Å²) in [5, 5.41) is 9.12. The molecule has 1 amide bonds. The molecule has 3 unspecified atom stereocenters. The molecule has 0 bridgehead atoms. The van der Waals surface area contributed by atoms with Crippen molar-refractivity contribution in [1.29, 1.82) is 5.26 Å². The number of carbonyl (C=O) groups is 1. The van der Waals surface area contributed by atoms with E-state index in [1.807, 2.05) is 11.8 Å². The molecule has 1 aliphatic heterocycles. The molecule has 1 saturated heterocycles. The number of rotatable bonds is 2. The summed E-state index contributed by atoms with van der Waals surface area (Å²) in [6, 6.07) is 2.16. The van der Waals surface area contributed by atoms with E-state index in [4.69, 9.17) is 5.26 Å². The van der Waals surface area contributed by atoms with Gasteiger partial charge in [-0.2, -0.15) is 5.26 Å². The average Bonchev–Trinajstić information content (AvgIpc) is 2.25. The lowest BCUT2D eigenvalue weighted by atomic mass is 9.85. The van der Waals surface area contributed by atoms with Gasteiger partial charge >= 0.3 is 0 Å². The first-order valence-electron chi connectivity index (χ1n) is 6.13. The van der Waals surface area contributed by atoms with Crippen molar-refractivity contribution < 1.29 is 4.79 Å². The van der Waals surface area contributed by atoms with E-state index in [1.54, 1.807) is 6.92 Å². The number of hydrogen-bond acceptors (Lipinski definition) is 2. The van der Waals surface area contributed by atoms with Gasteiger partial charge in [0.05, 0.1) is 6.07 Å². The Bertz CT molecular complexity index is 298. The largest absolute Gasteiger partial charge is 0.341 e. The molecule has 1 rings (SSSR count). The normalized spacial score (nSPS) is 29.3. The van der Waals surface area contributed by atoms with Crippen LogP contribution < -0.4 is 0 Å². The second-order valence-electron chi connectivity index (χ2n) is 5.45. The molecule has 0 saturated carbocycles. The van der Waals surface area contributed by atoms with Crippen molar-refractivity contribution >= 4 is 5.91 Å². The zero-order chi connectivity index (χ0) is 12.3. The number of hydrogen-bond donors (Lipinski definition) is 0. The quantitative estimate of drug-likeness (QED) is 0.720. The predicted molar refractivity (Wildman–Crippen MR) is 63.5 cm³/mol. The molecule has 1 heterocycles. The minimum Gasteiger partial charge on any atom is -0.341 e. The summed E-state index contributed by atoms with van der Waals surface area (Å²) in [6.07, 6.45) is 1.76. The Morgan fingerprint density at radius 2 is 1.94 bits per heavy atom. The number of piperidine rings is 1. The van der Waals surface area contributed by atoms with E-state index in [1.165, 1.54) is 6.42 Å². The molecule has 16 heavy (non-hydrogen) atoms. The average molecular weight is 222 g/mol. The topological polar surface area (TPSA) is 44.1 Å². The molecule has 0 aliphatic carbocycles. The van der Waals surface area contributed by atoms with Gasteiger partial charge in [0.25, 0.3) is 0 Å². The maximum absolute atomic E-state index is 12.3. The molecule has 3 atom stereocenters. The van der Waals surface area contributed by atoms with Gasteiger partial charge in [-0.05, 0) is 31.6 Å². The Hall–Kier alpha value is -1.04. The van der Waals surface area contributed by atoms with E-state index in [0.717, 1.165) is 13.1 Å². The Balaban J connectivity index is 2.78. The molecule has 0 radical (unpaired) electrons. The Morgan fingerprint density at radius 3 is 2.31 bits per heavy atom. The van der Waals surface area contributed by atoms with Crippen molar-refractivity contribution in [1.82, 2.24) is 4.90 Å². The molecule has 0 N–H and O–H groups in total. The molecule has 3 nitrogen and oxygen atoms in total. The lowest BCUT2D eigenvalue weighted by Crippen LogP contribution is -2.48. The minimum atomic E-state index is -0.837. The summed E-state index contributed by atoms with van der Waals surface area (Å²) in [5.74, 6) is 1.11. The maximum atomic E-state index is 12.3. The van der Waals surface area contributed by atoms with Crippen molar-refractivity contribution in [2.45, 2.75) is 40.5 Å².